The van der Waals surface area contributed by atoms with Gasteiger partial charge in [-0.2, -0.15) is 5.48 Å². The predicted molar refractivity (Wildman–Crippen MR) is 85.8 cm³/mol. The first kappa shape index (κ1) is 20.8. The Morgan fingerprint density at radius 3 is 2.41 bits per heavy atom. The Hall–Kier alpha value is -1.22. The zero-order chi connectivity index (χ0) is 16.6. The van der Waals surface area contributed by atoms with Crippen LogP contribution >= 0.6 is 0 Å². The number of nitrogens with two attached hydrogens (primary N) is 2. The number of carbonyl (C=O) groups excluding carboxylic acids is 2. The van der Waals surface area contributed by atoms with Crippen LogP contribution in [0.25, 0.3) is 0 Å². The highest BCUT2D eigenvalue weighted by Gasteiger charge is 2.16. The van der Waals surface area contributed by atoms with E-state index in [4.69, 9.17) is 16.3 Å². The molecule has 1 unspecified atom stereocenters. The molecule has 22 heavy (non-hydrogen) atoms. The Kier molecular flexibility index (Phi) is 13.9. The summed E-state index contributed by atoms with van der Waals surface area (Å²) < 4.78 is 0. The maximum Gasteiger partial charge on any atom is 0.239 e. The standard InChI is InChI=1S/C14H31N5O3/c1-22-19-12(6-5-8-15)14(21)18-10-4-2-3-7-13(20)17-11-9-16/h12,19H,2-11,15-16H2,1H3,(H,17,20)(H,18,21). The van der Waals surface area contributed by atoms with Crippen LogP contribution in [-0.4, -0.2) is 51.1 Å². The average molecular weight is 317 g/mol. The molecule has 0 aliphatic rings. The van der Waals surface area contributed by atoms with Crippen molar-refractivity contribution in [3.63, 3.8) is 0 Å². The molecule has 0 fully saturated rings. The van der Waals surface area contributed by atoms with Crippen LogP contribution in [0.1, 0.15) is 38.5 Å². The van der Waals surface area contributed by atoms with E-state index in [9.17, 15) is 9.59 Å². The molecule has 0 aliphatic carbocycles. The van der Waals surface area contributed by atoms with Crippen LogP contribution in [-0.2, 0) is 14.4 Å². The molecule has 2 amide bonds. The van der Waals surface area contributed by atoms with Gasteiger partial charge in [-0.15, -0.1) is 0 Å². The monoisotopic (exact) mass is 317 g/mol. The summed E-state index contributed by atoms with van der Waals surface area (Å²) in [5, 5.41) is 5.58. The largest absolute Gasteiger partial charge is 0.355 e. The van der Waals surface area contributed by atoms with Crippen molar-refractivity contribution in [3.8, 4) is 0 Å². The Balaban J connectivity index is 3.66. The van der Waals surface area contributed by atoms with Gasteiger partial charge in [0.1, 0.15) is 6.04 Å². The zero-order valence-corrected chi connectivity index (χ0v) is 13.5. The number of hydrogen-bond donors (Lipinski definition) is 5. The van der Waals surface area contributed by atoms with Gasteiger partial charge in [0, 0.05) is 26.1 Å². The van der Waals surface area contributed by atoms with Gasteiger partial charge in [0.15, 0.2) is 0 Å². The molecule has 0 aromatic rings. The van der Waals surface area contributed by atoms with Gasteiger partial charge in [0.25, 0.3) is 0 Å². The Bertz CT molecular complexity index is 302. The summed E-state index contributed by atoms with van der Waals surface area (Å²) in [6.07, 6.45) is 4.43. The van der Waals surface area contributed by atoms with Crippen molar-refractivity contribution in [3.05, 3.63) is 0 Å². The van der Waals surface area contributed by atoms with Crippen LogP contribution < -0.4 is 27.6 Å². The molecule has 0 radical (unpaired) electrons. The molecule has 0 spiro atoms. The molecular weight excluding hydrogens is 286 g/mol. The first-order valence-electron chi connectivity index (χ1n) is 7.88. The number of hydroxylamine groups is 1. The molecule has 130 valence electrons. The maximum absolute atomic E-state index is 11.9. The first-order valence-corrected chi connectivity index (χ1v) is 7.88. The number of amides is 2. The van der Waals surface area contributed by atoms with Crippen LogP contribution in [0.15, 0.2) is 0 Å². The Morgan fingerprint density at radius 2 is 1.77 bits per heavy atom. The lowest BCUT2D eigenvalue weighted by Crippen LogP contribution is -2.44. The third-order valence-corrected chi connectivity index (χ3v) is 3.12. The fourth-order valence-electron chi connectivity index (χ4n) is 1.93. The summed E-state index contributed by atoms with van der Waals surface area (Å²) in [4.78, 5) is 28.1. The molecule has 0 heterocycles. The van der Waals surface area contributed by atoms with E-state index in [0.717, 1.165) is 25.7 Å². The van der Waals surface area contributed by atoms with Gasteiger partial charge in [-0.3, -0.25) is 9.59 Å². The van der Waals surface area contributed by atoms with Crippen molar-refractivity contribution in [1.29, 1.82) is 0 Å². The highest BCUT2D eigenvalue weighted by atomic mass is 16.6. The fourth-order valence-corrected chi connectivity index (χ4v) is 1.93. The topological polar surface area (TPSA) is 132 Å². The minimum absolute atomic E-state index is 0.0284. The highest BCUT2D eigenvalue weighted by molar-refractivity contribution is 5.81. The molecule has 0 saturated carbocycles. The molecule has 0 aliphatic heterocycles. The number of unbranched alkanes of at least 4 members (excludes halogenated alkanes) is 2. The van der Waals surface area contributed by atoms with E-state index in [2.05, 4.69) is 16.1 Å². The second kappa shape index (κ2) is 14.7. The normalized spacial score (nSPS) is 12.0. The average Bonchev–Trinajstić information content (AvgIpc) is 2.52. The summed E-state index contributed by atoms with van der Waals surface area (Å²) in [7, 11) is 1.48. The van der Waals surface area contributed by atoms with Crippen molar-refractivity contribution >= 4 is 11.8 Å². The number of hydrogen-bond acceptors (Lipinski definition) is 6. The van der Waals surface area contributed by atoms with Crippen LogP contribution in [0.4, 0.5) is 0 Å². The molecular formula is C14H31N5O3. The lowest BCUT2D eigenvalue weighted by Gasteiger charge is -2.16. The molecule has 1 atom stereocenters. The first-order chi connectivity index (χ1) is 10.7. The lowest BCUT2D eigenvalue weighted by molar-refractivity contribution is -0.127. The van der Waals surface area contributed by atoms with E-state index in [0.29, 0.717) is 39.0 Å². The van der Waals surface area contributed by atoms with Crippen molar-refractivity contribution in [2.45, 2.75) is 44.6 Å². The summed E-state index contributed by atoms with van der Waals surface area (Å²) >= 11 is 0. The zero-order valence-electron chi connectivity index (χ0n) is 13.5. The second-order valence-electron chi connectivity index (χ2n) is 5.05. The van der Waals surface area contributed by atoms with Gasteiger partial charge in [0.05, 0.1) is 7.11 Å². The summed E-state index contributed by atoms with van der Waals surface area (Å²) in [6, 6.07) is -0.379. The number of rotatable bonds is 14. The number of carbonyl (C=O) groups is 2. The van der Waals surface area contributed by atoms with Gasteiger partial charge in [-0.25, -0.2) is 0 Å². The van der Waals surface area contributed by atoms with Crippen LogP contribution in [0.2, 0.25) is 0 Å². The molecule has 7 N–H and O–H groups in total. The van der Waals surface area contributed by atoms with Gasteiger partial charge >= 0.3 is 0 Å². The van der Waals surface area contributed by atoms with Crippen LogP contribution in [0, 0.1) is 0 Å². The molecule has 0 rings (SSSR count). The van der Waals surface area contributed by atoms with E-state index < -0.39 is 0 Å². The predicted octanol–water partition coefficient (Wildman–Crippen LogP) is -1.00. The minimum Gasteiger partial charge on any atom is -0.355 e. The summed E-state index contributed by atoms with van der Waals surface area (Å²) in [5.74, 6) is -0.0587. The van der Waals surface area contributed by atoms with E-state index >= 15 is 0 Å². The van der Waals surface area contributed by atoms with Gasteiger partial charge < -0.3 is 26.9 Å². The van der Waals surface area contributed by atoms with E-state index in [1.807, 2.05) is 0 Å². The smallest absolute Gasteiger partial charge is 0.239 e. The quantitative estimate of drug-likeness (QED) is 0.206. The SMILES string of the molecule is CONC(CCCN)C(=O)NCCCCCC(=O)NCCN. The van der Waals surface area contributed by atoms with Gasteiger partial charge in [-0.05, 0) is 32.2 Å². The van der Waals surface area contributed by atoms with Gasteiger partial charge in [-0.1, -0.05) is 6.42 Å². The number of nitrogens with one attached hydrogen (secondary N) is 3. The third-order valence-electron chi connectivity index (χ3n) is 3.12. The highest BCUT2D eigenvalue weighted by Crippen LogP contribution is 2.00. The van der Waals surface area contributed by atoms with E-state index in [-0.39, 0.29) is 17.9 Å². The van der Waals surface area contributed by atoms with Crippen molar-refractivity contribution in [1.82, 2.24) is 16.1 Å². The molecule has 0 saturated heterocycles. The van der Waals surface area contributed by atoms with E-state index in [1.165, 1.54) is 7.11 Å². The van der Waals surface area contributed by atoms with Crippen molar-refractivity contribution in [2.24, 2.45) is 11.5 Å². The summed E-state index contributed by atoms with van der Waals surface area (Å²) in [5.41, 5.74) is 13.4. The van der Waals surface area contributed by atoms with Crippen LogP contribution in [0.5, 0.6) is 0 Å². The van der Waals surface area contributed by atoms with Crippen LogP contribution in [0.3, 0.4) is 0 Å². The van der Waals surface area contributed by atoms with E-state index in [1.54, 1.807) is 0 Å². The molecule has 0 aromatic carbocycles. The van der Waals surface area contributed by atoms with Gasteiger partial charge in [0.2, 0.25) is 11.8 Å². The second-order valence-corrected chi connectivity index (χ2v) is 5.05. The minimum atomic E-state index is -0.379. The third kappa shape index (κ3) is 11.4. The lowest BCUT2D eigenvalue weighted by atomic mass is 10.1. The molecule has 8 nitrogen and oxygen atoms in total. The maximum atomic E-state index is 11.9. The molecule has 8 heteroatoms. The van der Waals surface area contributed by atoms with Crippen molar-refractivity contribution in [2.75, 3.05) is 33.3 Å². The fraction of sp³-hybridized carbons (Fsp3) is 0.857. The Morgan fingerprint density at radius 1 is 1.00 bits per heavy atom. The molecule has 0 aromatic heterocycles. The van der Waals surface area contributed by atoms with Crippen molar-refractivity contribution < 1.29 is 14.4 Å². The Labute approximate surface area is 132 Å². The molecule has 0 bridgehead atoms. The summed E-state index contributed by atoms with van der Waals surface area (Å²) in [6.45, 7) is 2.11.